The van der Waals surface area contributed by atoms with Crippen LogP contribution in [0.1, 0.15) is 24.5 Å². The molecule has 0 amide bonds. The normalized spacial score (nSPS) is 10.5. The van der Waals surface area contributed by atoms with Crippen LogP contribution in [0.2, 0.25) is 0 Å². The fourth-order valence-corrected chi connectivity index (χ4v) is 2.35. The third kappa shape index (κ3) is 4.47. The summed E-state index contributed by atoms with van der Waals surface area (Å²) in [5, 5.41) is 8.61. The first-order valence-electron chi connectivity index (χ1n) is 6.77. The van der Waals surface area contributed by atoms with Gasteiger partial charge in [-0.3, -0.25) is 0 Å². The Morgan fingerprint density at radius 1 is 1.20 bits per heavy atom. The average Bonchev–Trinajstić information content (AvgIpc) is 2.96. The zero-order chi connectivity index (χ0) is 14.2. The van der Waals surface area contributed by atoms with Crippen molar-refractivity contribution in [2.75, 3.05) is 23.8 Å². The van der Waals surface area contributed by atoms with Crippen LogP contribution in [-0.2, 0) is 17.9 Å². The van der Waals surface area contributed by atoms with Crippen molar-refractivity contribution < 1.29 is 4.74 Å². The number of aromatic nitrogens is 2. The zero-order valence-electron chi connectivity index (χ0n) is 11.8. The molecule has 2 rings (SSSR count). The van der Waals surface area contributed by atoms with Gasteiger partial charge < -0.3 is 15.4 Å². The van der Waals surface area contributed by atoms with E-state index in [1.807, 2.05) is 26.0 Å². The number of rotatable bonds is 8. The molecule has 6 heteroatoms. The van der Waals surface area contributed by atoms with E-state index in [0.29, 0.717) is 19.0 Å². The number of ether oxygens (including phenoxy) is 1. The molecule has 0 spiro atoms. The van der Waals surface area contributed by atoms with Gasteiger partial charge in [-0.05, 0) is 25.3 Å². The lowest BCUT2D eigenvalue weighted by atomic mass is 10.4. The highest BCUT2D eigenvalue weighted by Gasteiger charge is 2.05. The number of hydrogen-bond acceptors (Lipinski definition) is 6. The molecule has 0 aliphatic rings. The van der Waals surface area contributed by atoms with E-state index in [1.165, 1.54) is 4.88 Å². The lowest BCUT2D eigenvalue weighted by molar-refractivity contribution is 0.128. The van der Waals surface area contributed by atoms with Crippen molar-refractivity contribution in [3.8, 4) is 0 Å². The summed E-state index contributed by atoms with van der Waals surface area (Å²) in [5.74, 6) is 2.34. The van der Waals surface area contributed by atoms with Crippen LogP contribution in [0.15, 0.2) is 23.6 Å². The molecule has 2 heterocycles. The molecule has 0 fully saturated rings. The Kier molecular flexibility index (Phi) is 5.76. The largest absolute Gasteiger partial charge is 0.374 e. The first-order chi connectivity index (χ1) is 9.81. The molecule has 0 radical (unpaired) electrons. The van der Waals surface area contributed by atoms with Crippen molar-refractivity contribution in [2.45, 2.75) is 27.0 Å². The molecule has 2 aromatic heterocycles. The minimum absolute atomic E-state index is 0.434. The summed E-state index contributed by atoms with van der Waals surface area (Å²) in [5.41, 5.74) is 0. The highest BCUT2D eigenvalue weighted by Crippen LogP contribution is 2.15. The maximum atomic E-state index is 5.38. The Morgan fingerprint density at radius 3 is 2.65 bits per heavy atom. The number of nitrogens with one attached hydrogen (secondary N) is 2. The van der Waals surface area contributed by atoms with Crippen molar-refractivity contribution in [2.24, 2.45) is 0 Å². The van der Waals surface area contributed by atoms with Gasteiger partial charge in [0, 0.05) is 24.1 Å². The fraction of sp³-hybridized carbons (Fsp3) is 0.429. The Bertz CT molecular complexity index is 516. The van der Waals surface area contributed by atoms with Crippen LogP contribution >= 0.6 is 11.3 Å². The van der Waals surface area contributed by atoms with Gasteiger partial charge in [-0.15, -0.1) is 11.3 Å². The van der Waals surface area contributed by atoms with E-state index in [2.05, 4.69) is 32.0 Å². The average molecular weight is 292 g/mol. The van der Waals surface area contributed by atoms with Crippen LogP contribution in [0.5, 0.6) is 0 Å². The van der Waals surface area contributed by atoms with Crippen LogP contribution in [0, 0.1) is 0 Å². The minimum Gasteiger partial charge on any atom is -0.374 e. The third-order valence-corrected chi connectivity index (χ3v) is 3.47. The Morgan fingerprint density at radius 2 is 2.00 bits per heavy atom. The van der Waals surface area contributed by atoms with E-state index >= 15 is 0 Å². The third-order valence-electron chi connectivity index (χ3n) is 2.59. The van der Waals surface area contributed by atoms with E-state index in [0.717, 1.165) is 24.7 Å². The predicted octanol–water partition coefficient (Wildman–Crippen LogP) is 3.12. The van der Waals surface area contributed by atoms with Gasteiger partial charge >= 0.3 is 0 Å². The predicted molar refractivity (Wildman–Crippen MR) is 83.2 cm³/mol. The van der Waals surface area contributed by atoms with Gasteiger partial charge in [0.2, 0.25) is 0 Å². The maximum absolute atomic E-state index is 5.38. The molecular weight excluding hydrogens is 272 g/mol. The SMILES string of the molecule is CCNc1cc(NCc2cccs2)nc(COCC)n1. The molecule has 108 valence electrons. The van der Waals surface area contributed by atoms with Crippen LogP contribution in [0.4, 0.5) is 11.6 Å². The van der Waals surface area contributed by atoms with Crippen LogP contribution in [0.3, 0.4) is 0 Å². The number of nitrogens with zero attached hydrogens (tertiary/aromatic N) is 2. The summed E-state index contributed by atoms with van der Waals surface area (Å²) in [7, 11) is 0. The van der Waals surface area contributed by atoms with E-state index in [9.17, 15) is 0 Å². The molecule has 0 unspecified atom stereocenters. The molecular formula is C14H20N4OS. The molecule has 2 aromatic rings. The standard InChI is InChI=1S/C14H20N4OS/c1-3-15-12-8-13(16-9-11-6-5-7-20-11)18-14(17-12)10-19-4-2/h5-8H,3-4,9-10H2,1-2H3,(H2,15,16,17,18). The van der Waals surface area contributed by atoms with Crippen LogP contribution in [0.25, 0.3) is 0 Å². The van der Waals surface area contributed by atoms with Gasteiger partial charge in [0.05, 0.1) is 6.54 Å². The first-order valence-corrected chi connectivity index (χ1v) is 7.65. The van der Waals surface area contributed by atoms with Crippen molar-refractivity contribution >= 4 is 23.0 Å². The monoisotopic (exact) mass is 292 g/mol. The van der Waals surface area contributed by atoms with Crippen molar-refractivity contribution in [1.29, 1.82) is 0 Å². The summed E-state index contributed by atoms with van der Waals surface area (Å²) in [6, 6.07) is 6.07. The van der Waals surface area contributed by atoms with Gasteiger partial charge in [0.1, 0.15) is 18.2 Å². The van der Waals surface area contributed by atoms with E-state index in [1.54, 1.807) is 11.3 Å². The molecule has 5 nitrogen and oxygen atoms in total. The van der Waals surface area contributed by atoms with E-state index in [-0.39, 0.29) is 0 Å². The van der Waals surface area contributed by atoms with Gasteiger partial charge in [0.25, 0.3) is 0 Å². The lowest BCUT2D eigenvalue weighted by Gasteiger charge is -2.10. The second-order valence-corrected chi connectivity index (χ2v) is 5.19. The van der Waals surface area contributed by atoms with Gasteiger partial charge in [-0.1, -0.05) is 6.07 Å². The Hall–Kier alpha value is -1.66. The fourth-order valence-electron chi connectivity index (χ4n) is 1.71. The van der Waals surface area contributed by atoms with Crippen molar-refractivity contribution in [3.05, 3.63) is 34.3 Å². The molecule has 0 saturated heterocycles. The molecule has 0 aliphatic carbocycles. The minimum atomic E-state index is 0.434. The second kappa shape index (κ2) is 7.81. The maximum Gasteiger partial charge on any atom is 0.158 e. The van der Waals surface area contributed by atoms with Crippen molar-refractivity contribution in [3.63, 3.8) is 0 Å². The van der Waals surface area contributed by atoms with Crippen molar-refractivity contribution in [1.82, 2.24) is 9.97 Å². The zero-order valence-corrected chi connectivity index (χ0v) is 12.7. The highest BCUT2D eigenvalue weighted by atomic mass is 32.1. The van der Waals surface area contributed by atoms with Gasteiger partial charge in [-0.25, -0.2) is 9.97 Å². The number of anilines is 2. The lowest BCUT2D eigenvalue weighted by Crippen LogP contribution is -2.08. The molecule has 2 N–H and O–H groups in total. The summed E-state index contributed by atoms with van der Waals surface area (Å²) in [4.78, 5) is 10.2. The quantitative estimate of drug-likeness (QED) is 0.783. The summed E-state index contributed by atoms with van der Waals surface area (Å²) in [6.07, 6.45) is 0. The Balaban J connectivity index is 2.06. The van der Waals surface area contributed by atoms with Gasteiger partial charge in [-0.2, -0.15) is 0 Å². The van der Waals surface area contributed by atoms with E-state index in [4.69, 9.17) is 4.74 Å². The Labute approximate surface area is 123 Å². The van der Waals surface area contributed by atoms with E-state index < -0.39 is 0 Å². The molecule has 20 heavy (non-hydrogen) atoms. The summed E-state index contributed by atoms with van der Waals surface area (Å²) in [6.45, 7) is 6.70. The highest BCUT2D eigenvalue weighted by molar-refractivity contribution is 7.09. The number of hydrogen-bond donors (Lipinski definition) is 2. The summed E-state index contributed by atoms with van der Waals surface area (Å²) < 4.78 is 5.38. The molecule has 0 aromatic carbocycles. The molecule has 0 aliphatic heterocycles. The first kappa shape index (κ1) is 14.7. The smallest absolute Gasteiger partial charge is 0.158 e. The number of thiophene rings is 1. The summed E-state index contributed by atoms with van der Waals surface area (Å²) >= 11 is 1.73. The van der Waals surface area contributed by atoms with Crippen LogP contribution < -0.4 is 10.6 Å². The molecule has 0 bridgehead atoms. The molecule has 0 atom stereocenters. The topological polar surface area (TPSA) is 59.1 Å². The van der Waals surface area contributed by atoms with Crippen LogP contribution in [-0.4, -0.2) is 23.1 Å². The second-order valence-electron chi connectivity index (χ2n) is 4.16. The van der Waals surface area contributed by atoms with Gasteiger partial charge in [0.15, 0.2) is 5.82 Å². The molecule has 0 saturated carbocycles.